The van der Waals surface area contributed by atoms with Crippen molar-refractivity contribution in [1.82, 2.24) is 0 Å². The second-order valence-corrected chi connectivity index (χ2v) is 3.84. The molecule has 0 bridgehead atoms. The van der Waals surface area contributed by atoms with E-state index in [0.29, 0.717) is 11.1 Å². The number of nitriles is 1. The standard InChI is InChI=1S/C9H12BrNO/c10-5-9(12)8-3-1-7(6-11)2-4-8/h7-8H,1-5H2. The van der Waals surface area contributed by atoms with Gasteiger partial charge in [0.2, 0.25) is 0 Å². The van der Waals surface area contributed by atoms with Gasteiger partial charge in [-0.2, -0.15) is 5.26 Å². The van der Waals surface area contributed by atoms with Gasteiger partial charge in [-0.25, -0.2) is 0 Å². The number of rotatable bonds is 2. The van der Waals surface area contributed by atoms with Gasteiger partial charge in [-0.1, -0.05) is 15.9 Å². The van der Waals surface area contributed by atoms with Crippen molar-refractivity contribution in [2.45, 2.75) is 25.7 Å². The highest BCUT2D eigenvalue weighted by molar-refractivity contribution is 9.09. The summed E-state index contributed by atoms with van der Waals surface area (Å²) in [5.41, 5.74) is 0. The van der Waals surface area contributed by atoms with E-state index < -0.39 is 0 Å². The number of hydrogen-bond acceptors (Lipinski definition) is 2. The average Bonchev–Trinajstić information content (AvgIpc) is 2.17. The lowest BCUT2D eigenvalue weighted by Gasteiger charge is -2.22. The smallest absolute Gasteiger partial charge is 0.146 e. The van der Waals surface area contributed by atoms with Crippen LogP contribution in [0, 0.1) is 23.2 Å². The number of ketones is 1. The number of carbonyl (C=O) groups is 1. The van der Waals surface area contributed by atoms with E-state index in [0.717, 1.165) is 25.7 Å². The molecule has 0 heterocycles. The molecule has 1 aliphatic rings. The summed E-state index contributed by atoms with van der Waals surface area (Å²) in [7, 11) is 0. The molecule has 0 amide bonds. The summed E-state index contributed by atoms with van der Waals surface area (Å²) >= 11 is 3.17. The molecule has 0 radical (unpaired) electrons. The molecule has 0 aromatic heterocycles. The van der Waals surface area contributed by atoms with E-state index in [9.17, 15) is 4.79 Å². The molecule has 0 atom stereocenters. The molecular formula is C9H12BrNO. The lowest BCUT2D eigenvalue weighted by Crippen LogP contribution is -2.21. The van der Waals surface area contributed by atoms with Crippen LogP contribution in [0.2, 0.25) is 0 Å². The minimum atomic E-state index is 0.198. The third-order valence-corrected chi connectivity index (χ3v) is 3.05. The van der Waals surface area contributed by atoms with Crippen LogP contribution in [0.1, 0.15) is 25.7 Å². The fourth-order valence-corrected chi connectivity index (χ4v) is 2.11. The molecule has 0 spiro atoms. The molecule has 0 aromatic carbocycles. The Morgan fingerprint density at radius 2 is 2.00 bits per heavy atom. The summed E-state index contributed by atoms with van der Waals surface area (Å²) in [6.45, 7) is 0. The van der Waals surface area contributed by atoms with Gasteiger partial charge in [-0.3, -0.25) is 4.79 Å². The van der Waals surface area contributed by atoms with Crippen LogP contribution < -0.4 is 0 Å². The predicted octanol–water partition coefficient (Wildman–Crippen LogP) is 2.28. The van der Waals surface area contributed by atoms with Crippen molar-refractivity contribution >= 4 is 21.7 Å². The molecule has 3 heteroatoms. The van der Waals surface area contributed by atoms with Crippen LogP contribution in [-0.4, -0.2) is 11.1 Å². The van der Waals surface area contributed by atoms with Gasteiger partial charge in [0.15, 0.2) is 0 Å². The van der Waals surface area contributed by atoms with Crippen molar-refractivity contribution in [2.75, 3.05) is 5.33 Å². The molecule has 1 saturated carbocycles. The van der Waals surface area contributed by atoms with Gasteiger partial charge in [-0.15, -0.1) is 0 Å². The minimum absolute atomic E-state index is 0.198. The summed E-state index contributed by atoms with van der Waals surface area (Å²) in [6.07, 6.45) is 3.62. The topological polar surface area (TPSA) is 40.9 Å². The molecule has 1 rings (SSSR count). The fourth-order valence-electron chi connectivity index (χ4n) is 1.65. The monoisotopic (exact) mass is 229 g/mol. The number of Topliss-reactive ketones (excluding diaryl/α,β-unsaturated/α-hetero) is 1. The second kappa shape index (κ2) is 4.61. The van der Waals surface area contributed by atoms with E-state index in [-0.39, 0.29) is 11.8 Å². The van der Waals surface area contributed by atoms with E-state index in [4.69, 9.17) is 5.26 Å². The molecule has 0 N–H and O–H groups in total. The maximum Gasteiger partial charge on any atom is 0.146 e. The summed E-state index contributed by atoms with van der Waals surface area (Å²) in [6, 6.07) is 2.26. The van der Waals surface area contributed by atoms with Crippen LogP contribution in [0.25, 0.3) is 0 Å². The molecule has 0 aliphatic heterocycles. The highest BCUT2D eigenvalue weighted by atomic mass is 79.9. The first-order valence-electron chi connectivity index (χ1n) is 4.26. The summed E-state index contributed by atoms with van der Waals surface area (Å²) in [4.78, 5) is 11.2. The summed E-state index contributed by atoms with van der Waals surface area (Å²) in [5, 5.41) is 9.10. The van der Waals surface area contributed by atoms with Gasteiger partial charge in [0.05, 0.1) is 11.4 Å². The molecule has 2 nitrogen and oxygen atoms in total. The predicted molar refractivity (Wildman–Crippen MR) is 49.9 cm³/mol. The van der Waals surface area contributed by atoms with Crippen molar-refractivity contribution in [1.29, 1.82) is 5.26 Å². The highest BCUT2D eigenvalue weighted by Gasteiger charge is 2.24. The van der Waals surface area contributed by atoms with Gasteiger partial charge in [-0.05, 0) is 25.7 Å². The molecule has 12 heavy (non-hydrogen) atoms. The average molecular weight is 230 g/mol. The van der Waals surface area contributed by atoms with Gasteiger partial charge in [0.1, 0.15) is 5.78 Å². The van der Waals surface area contributed by atoms with Crippen LogP contribution in [0.4, 0.5) is 0 Å². The van der Waals surface area contributed by atoms with Crippen LogP contribution in [0.3, 0.4) is 0 Å². The van der Waals surface area contributed by atoms with E-state index in [1.54, 1.807) is 0 Å². The number of hydrogen-bond donors (Lipinski definition) is 0. The molecule has 1 aliphatic carbocycles. The Kier molecular flexibility index (Phi) is 3.74. The lowest BCUT2D eigenvalue weighted by atomic mass is 9.81. The molecular weight excluding hydrogens is 218 g/mol. The van der Waals surface area contributed by atoms with Crippen molar-refractivity contribution in [3.05, 3.63) is 0 Å². The summed E-state index contributed by atoms with van der Waals surface area (Å²) < 4.78 is 0. The molecule has 0 unspecified atom stereocenters. The maximum absolute atomic E-state index is 11.2. The SMILES string of the molecule is N#CC1CCC(C(=O)CBr)CC1. The Balaban J connectivity index is 2.37. The normalized spacial score (nSPS) is 29.3. The lowest BCUT2D eigenvalue weighted by molar-refractivity contribution is -0.121. The van der Waals surface area contributed by atoms with Gasteiger partial charge in [0, 0.05) is 11.8 Å². The van der Waals surface area contributed by atoms with E-state index in [1.165, 1.54) is 0 Å². The number of alkyl halides is 1. The first kappa shape index (κ1) is 9.73. The van der Waals surface area contributed by atoms with Crippen molar-refractivity contribution in [3.8, 4) is 6.07 Å². The van der Waals surface area contributed by atoms with E-state index >= 15 is 0 Å². The molecule has 0 saturated heterocycles. The fraction of sp³-hybridized carbons (Fsp3) is 0.778. The zero-order chi connectivity index (χ0) is 8.97. The van der Waals surface area contributed by atoms with Crippen molar-refractivity contribution in [3.63, 3.8) is 0 Å². The Bertz CT molecular complexity index is 201. The van der Waals surface area contributed by atoms with Crippen LogP contribution >= 0.6 is 15.9 Å². The number of halogens is 1. The Labute approximate surface area is 81.1 Å². The van der Waals surface area contributed by atoms with Gasteiger partial charge < -0.3 is 0 Å². The third-order valence-electron chi connectivity index (χ3n) is 2.50. The molecule has 66 valence electrons. The largest absolute Gasteiger partial charge is 0.298 e. The van der Waals surface area contributed by atoms with Crippen LogP contribution in [-0.2, 0) is 4.79 Å². The second-order valence-electron chi connectivity index (χ2n) is 3.28. The Hall–Kier alpha value is -0.360. The minimum Gasteiger partial charge on any atom is -0.298 e. The van der Waals surface area contributed by atoms with Crippen molar-refractivity contribution < 1.29 is 4.79 Å². The number of nitrogens with zero attached hydrogens (tertiary/aromatic N) is 1. The first-order valence-corrected chi connectivity index (χ1v) is 5.38. The van der Waals surface area contributed by atoms with Crippen LogP contribution in [0.15, 0.2) is 0 Å². The maximum atomic E-state index is 11.2. The first-order chi connectivity index (χ1) is 5.77. The third kappa shape index (κ3) is 2.31. The highest BCUT2D eigenvalue weighted by Crippen LogP contribution is 2.28. The van der Waals surface area contributed by atoms with Gasteiger partial charge >= 0.3 is 0 Å². The summed E-state index contributed by atoms with van der Waals surface area (Å²) in [5.74, 6) is 0.713. The van der Waals surface area contributed by atoms with Crippen LogP contribution in [0.5, 0.6) is 0 Å². The molecule has 0 aromatic rings. The van der Waals surface area contributed by atoms with E-state index in [2.05, 4.69) is 22.0 Å². The van der Waals surface area contributed by atoms with Gasteiger partial charge in [0.25, 0.3) is 0 Å². The zero-order valence-corrected chi connectivity index (χ0v) is 8.51. The van der Waals surface area contributed by atoms with E-state index in [1.807, 2.05) is 0 Å². The number of carbonyl (C=O) groups excluding carboxylic acids is 1. The van der Waals surface area contributed by atoms with Crippen molar-refractivity contribution in [2.24, 2.45) is 11.8 Å². The Morgan fingerprint density at radius 1 is 1.42 bits per heavy atom. The Morgan fingerprint density at radius 3 is 2.42 bits per heavy atom. The zero-order valence-electron chi connectivity index (χ0n) is 6.92. The molecule has 1 fully saturated rings. The quantitative estimate of drug-likeness (QED) is 0.683.